The largest absolute Gasteiger partial charge is 0.494 e. The number of amides is 1. The predicted molar refractivity (Wildman–Crippen MR) is 103 cm³/mol. The summed E-state index contributed by atoms with van der Waals surface area (Å²) < 4.78 is 29.2. The Bertz CT molecular complexity index is 938. The lowest BCUT2D eigenvalue weighted by molar-refractivity contribution is 0.0983. The van der Waals surface area contributed by atoms with Gasteiger partial charge in [0.05, 0.1) is 29.0 Å². The zero-order valence-corrected chi connectivity index (χ0v) is 15.7. The average Bonchev–Trinajstić information content (AvgIpc) is 2.97. The number of rotatable bonds is 5. The molecule has 0 radical (unpaired) electrons. The van der Waals surface area contributed by atoms with E-state index in [1.54, 1.807) is 48.5 Å². The summed E-state index contributed by atoms with van der Waals surface area (Å²) in [7, 11) is -3.32. The third-order valence-electron chi connectivity index (χ3n) is 3.99. The number of carbonyl (C=O) groups is 1. The maximum absolute atomic E-state index is 13.2. The van der Waals surface area contributed by atoms with Crippen LogP contribution in [0.1, 0.15) is 17.3 Å². The first-order chi connectivity index (χ1) is 12.4. The number of ether oxygens (including phenoxy) is 1. The van der Waals surface area contributed by atoms with Crippen LogP contribution in [0.5, 0.6) is 5.75 Å². The van der Waals surface area contributed by atoms with E-state index in [4.69, 9.17) is 16.3 Å². The van der Waals surface area contributed by atoms with Crippen LogP contribution in [0.25, 0.3) is 0 Å². The molecule has 1 amide bonds. The lowest BCUT2D eigenvalue weighted by Gasteiger charge is -2.28. The van der Waals surface area contributed by atoms with Crippen molar-refractivity contribution in [2.24, 2.45) is 0 Å². The molecule has 0 bridgehead atoms. The summed E-state index contributed by atoms with van der Waals surface area (Å²) >= 11 is 6.18. The number of hydrogen-bond acceptors (Lipinski definition) is 4. The van der Waals surface area contributed by atoms with Gasteiger partial charge < -0.3 is 9.64 Å². The highest BCUT2D eigenvalue weighted by Crippen LogP contribution is 2.28. The third-order valence-corrected chi connectivity index (χ3v) is 5.70. The summed E-state index contributed by atoms with van der Waals surface area (Å²) in [6.07, 6.45) is 1.53. The zero-order chi connectivity index (χ0) is 18.7. The molecule has 26 heavy (non-hydrogen) atoms. The van der Waals surface area contributed by atoms with Crippen molar-refractivity contribution in [1.82, 2.24) is 0 Å². The van der Waals surface area contributed by atoms with Crippen LogP contribution in [0.3, 0.4) is 0 Å². The van der Waals surface area contributed by atoms with Gasteiger partial charge in [0.2, 0.25) is 0 Å². The summed E-state index contributed by atoms with van der Waals surface area (Å²) in [5.74, 6) is 0.165. The second-order valence-corrected chi connectivity index (χ2v) is 8.15. The molecule has 1 aliphatic heterocycles. The molecule has 0 spiro atoms. The molecule has 0 saturated carbocycles. The molecule has 1 aliphatic rings. The minimum atomic E-state index is -3.32. The minimum Gasteiger partial charge on any atom is -0.494 e. The van der Waals surface area contributed by atoms with Crippen molar-refractivity contribution in [2.45, 2.75) is 13.0 Å². The lowest BCUT2D eigenvalue weighted by atomic mass is 10.1. The summed E-state index contributed by atoms with van der Waals surface area (Å²) in [6.45, 7) is 2.42. The number of anilines is 1. The van der Waals surface area contributed by atoms with Crippen molar-refractivity contribution in [3.05, 3.63) is 70.6 Å². The van der Waals surface area contributed by atoms with Crippen molar-refractivity contribution >= 4 is 33.0 Å². The van der Waals surface area contributed by atoms with Crippen LogP contribution >= 0.6 is 11.6 Å². The van der Waals surface area contributed by atoms with Crippen molar-refractivity contribution in [1.29, 1.82) is 0 Å². The highest BCUT2D eigenvalue weighted by Gasteiger charge is 2.32. The molecular formula is C19H18ClNO4S. The Morgan fingerprint density at radius 1 is 1.19 bits per heavy atom. The van der Waals surface area contributed by atoms with Crippen LogP contribution in [-0.4, -0.2) is 32.7 Å². The highest BCUT2D eigenvalue weighted by atomic mass is 35.5. The van der Waals surface area contributed by atoms with Crippen LogP contribution in [0.2, 0.25) is 5.02 Å². The van der Waals surface area contributed by atoms with E-state index in [0.29, 0.717) is 28.6 Å². The molecule has 1 atom stereocenters. The van der Waals surface area contributed by atoms with Gasteiger partial charge in [0.1, 0.15) is 5.75 Å². The zero-order valence-electron chi connectivity index (χ0n) is 14.1. The van der Waals surface area contributed by atoms with Gasteiger partial charge in [0.25, 0.3) is 5.91 Å². The number of benzene rings is 2. The first kappa shape index (κ1) is 18.5. The fraction of sp³-hybridized carbons (Fsp3) is 0.211. The Morgan fingerprint density at radius 3 is 2.46 bits per heavy atom. The number of carbonyl (C=O) groups excluding carboxylic acids is 1. The van der Waals surface area contributed by atoms with E-state index in [9.17, 15) is 13.2 Å². The summed E-state index contributed by atoms with van der Waals surface area (Å²) in [6, 6.07) is 13.1. The molecule has 7 heteroatoms. The van der Waals surface area contributed by atoms with Crippen molar-refractivity contribution in [3.63, 3.8) is 0 Å². The molecule has 3 rings (SSSR count). The monoisotopic (exact) mass is 391 g/mol. The van der Waals surface area contributed by atoms with Gasteiger partial charge >= 0.3 is 0 Å². The second kappa shape index (κ2) is 7.51. The Balaban J connectivity index is 2.01. The minimum absolute atomic E-state index is 0.156. The lowest BCUT2D eigenvalue weighted by Crippen LogP contribution is -2.41. The molecule has 0 aliphatic carbocycles. The van der Waals surface area contributed by atoms with E-state index in [-0.39, 0.29) is 11.7 Å². The van der Waals surface area contributed by atoms with Gasteiger partial charge in [-0.25, -0.2) is 8.42 Å². The number of nitrogens with zero attached hydrogens (tertiary/aromatic N) is 1. The molecule has 5 nitrogen and oxygen atoms in total. The average molecular weight is 392 g/mol. The molecule has 0 N–H and O–H groups in total. The van der Waals surface area contributed by atoms with E-state index in [2.05, 4.69) is 0 Å². The highest BCUT2D eigenvalue weighted by molar-refractivity contribution is 7.94. The smallest absolute Gasteiger partial charge is 0.260 e. The Kier molecular flexibility index (Phi) is 5.34. The quantitative estimate of drug-likeness (QED) is 0.779. The van der Waals surface area contributed by atoms with Gasteiger partial charge in [-0.3, -0.25) is 4.79 Å². The standard InChI is InChI=1S/C19H18ClNO4S/c1-2-25-16-9-7-14(8-10-16)21(15-11-12-26(23,24)13-15)19(22)17-5-3-4-6-18(17)20/h3-12,15H,2,13H2,1H3. The maximum atomic E-state index is 13.2. The fourth-order valence-corrected chi connectivity index (χ4v) is 4.30. The van der Waals surface area contributed by atoms with Crippen molar-refractivity contribution in [2.75, 3.05) is 17.3 Å². The predicted octanol–water partition coefficient (Wildman–Crippen LogP) is 3.70. The van der Waals surface area contributed by atoms with Crippen LogP contribution in [0.15, 0.2) is 60.0 Å². The Morgan fingerprint density at radius 2 is 1.88 bits per heavy atom. The number of halogens is 1. The van der Waals surface area contributed by atoms with Crippen LogP contribution in [0.4, 0.5) is 5.69 Å². The molecule has 0 saturated heterocycles. The van der Waals surface area contributed by atoms with Crippen molar-refractivity contribution in [3.8, 4) is 5.75 Å². The molecule has 1 heterocycles. The molecule has 0 fully saturated rings. The summed E-state index contributed by atoms with van der Waals surface area (Å²) in [5, 5.41) is 1.47. The van der Waals surface area contributed by atoms with Gasteiger partial charge in [0.15, 0.2) is 9.84 Å². The molecule has 2 aromatic carbocycles. The van der Waals surface area contributed by atoms with E-state index >= 15 is 0 Å². The van der Waals surface area contributed by atoms with E-state index in [0.717, 1.165) is 5.41 Å². The van der Waals surface area contributed by atoms with Gasteiger partial charge in [-0.15, -0.1) is 0 Å². The molecule has 1 unspecified atom stereocenters. The molecular weight excluding hydrogens is 374 g/mol. The number of hydrogen-bond donors (Lipinski definition) is 0. The van der Waals surface area contributed by atoms with Crippen LogP contribution in [0, 0.1) is 0 Å². The summed E-state index contributed by atoms with van der Waals surface area (Å²) in [5.41, 5.74) is 0.894. The normalized spacial score (nSPS) is 17.8. The molecule has 2 aromatic rings. The van der Waals surface area contributed by atoms with Crippen LogP contribution < -0.4 is 9.64 Å². The first-order valence-electron chi connectivity index (χ1n) is 8.13. The third kappa shape index (κ3) is 3.92. The van der Waals surface area contributed by atoms with Gasteiger partial charge in [-0.2, -0.15) is 0 Å². The van der Waals surface area contributed by atoms with E-state index < -0.39 is 15.9 Å². The topological polar surface area (TPSA) is 63.7 Å². The number of sulfone groups is 1. The SMILES string of the molecule is CCOc1ccc(N(C(=O)c2ccccc2Cl)C2C=CS(=O)(=O)C2)cc1. The van der Waals surface area contributed by atoms with Crippen molar-refractivity contribution < 1.29 is 17.9 Å². The van der Waals surface area contributed by atoms with Gasteiger partial charge in [-0.05, 0) is 49.4 Å². The molecule has 0 aromatic heterocycles. The van der Waals surface area contributed by atoms with E-state index in [1.807, 2.05) is 6.92 Å². The summed E-state index contributed by atoms with van der Waals surface area (Å²) in [4.78, 5) is 14.6. The Labute approximate surface area is 157 Å². The van der Waals surface area contributed by atoms with Gasteiger partial charge in [0, 0.05) is 11.1 Å². The van der Waals surface area contributed by atoms with Gasteiger partial charge in [-0.1, -0.05) is 23.7 Å². The second-order valence-electron chi connectivity index (χ2n) is 5.81. The van der Waals surface area contributed by atoms with Crippen LogP contribution in [-0.2, 0) is 9.84 Å². The first-order valence-corrected chi connectivity index (χ1v) is 10.2. The molecule has 136 valence electrons. The Hall–Kier alpha value is -2.31. The van der Waals surface area contributed by atoms with E-state index in [1.165, 1.54) is 11.0 Å². The maximum Gasteiger partial charge on any atom is 0.260 e. The fourth-order valence-electron chi connectivity index (χ4n) is 2.81.